The third-order valence-corrected chi connectivity index (χ3v) is 17.8. The summed E-state index contributed by atoms with van der Waals surface area (Å²) in [5.74, 6) is 0. The van der Waals surface area contributed by atoms with Crippen LogP contribution in [-0.4, -0.2) is 31.3 Å². The summed E-state index contributed by atoms with van der Waals surface area (Å²) in [7, 11) is -0.712. The van der Waals surface area contributed by atoms with Crippen molar-refractivity contribution in [3.63, 3.8) is 0 Å². The fourth-order valence-corrected chi connectivity index (χ4v) is 17.8. The van der Waals surface area contributed by atoms with Crippen LogP contribution in [0.3, 0.4) is 0 Å². The molecule has 0 bridgehead atoms. The van der Waals surface area contributed by atoms with Gasteiger partial charge in [-0.2, -0.15) is 0 Å². The van der Waals surface area contributed by atoms with Crippen molar-refractivity contribution >= 4 is 29.6 Å². The minimum absolute atomic E-state index is 0.895. The van der Waals surface area contributed by atoms with Crippen LogP contribution in [0.1, 0.15) is 12.6 Å². The third-order valence-electron chi connectivity index (χ3n) is 3.00. The van der Waals surface area contributed by atoms with E-state index in [-0.39, 0.29) is 0 Å². The first kappa shape index (κ1) is 15.8. The highest BCUT2D eigenvalue weighted by Gasteiger charge is 2.36. The van der Waals surface area contributed by atoms with Crippen LogP contribution >= 0.6 is 8.20 Å². The molecule has 1 nitrogen and oxygen atoms in total. The topological polar surface area (TPSA) is 12.9 Å². The summed E-state index contributed by atoms with van der Waals surface area (Å²) in [5, 5.41) is 1.44. The molecule has 0 atom stereocenters. The zero-order chi connectivity index (χ0) is 14.0. The predicted molar refractivity (Wildman–Crippen MR) is 91.4 cm³/mol. The summed E-state index contributed by atoms with van der Waals surface area (Å²) in [4.78, 5) is 5.38. The molecule has 1 aromatic heterocycles. The van der Waals surface area contributed by atoms with Crippen LogP contribution < -0.4 is 0 Å². The molecule has 0 aliphatic heterocycles. The van der Waals surface area contributed by atoms with E-state index in [0.29, 0.717) is 0 Å². The second-order valence-corrected chi connectivity index (χ2v) is 20.7. The Balaban J connectivity index is 3.11. The van der Waals surface area contributed by atoms with Crippen molar-refractivity contribution in [3.8, 4) is 0 Å². The molecule has 0 aliphatic carbocycles. The van der Waals surface area contributed by atoms with Crippen LogP contribution in [0.25, 0.3) is 0 Å². The number of hydrogen-bond donors (Lipinski definition) is 0. The van der Waals surface area contributed by atoms with Crippen molar-refractivity contribution in [1.82, 2.24) is 4.98 Å². The Morgan fingerprint density at radius 3 is 2.00 bits per heavy atom. The highest BCUT2D eigenvalue weighted by Crippen LogP contribution is 2.31. The minimum atomic E-state index is -1.12. The van der Waals surface area contributed by atoms with E-state index >= 15 is 0 Å². The SMILES string of the molecule is CC(=PC([Si](C)(C)C)[Si](C)(C)C)c1ccccn1. The quantitative estimate of drug-likeness (QED) is 0.580. The van der Waals surface area contributed by atoms with Crippen molar-refractivity contribution in [3.05, 3.63) is 30.1 Å². The molecular formula is C14H26NPSi2. The molecule has 0 saturated carbocycles. The average Bonchev–Trinajstić information content (AvgIpc) is 2.23. The molecule has 0 saturated heterocycles. The van der Waals surface area contributed by atoms with Gasteiger partial charge in [-0.1, -0.05) is 45.3 Å². The van der Waals surface area contributed by atoms with E-state index in [1.165, 1.54) is 19.2 Å². The molecule has 1 aromatic rings. The smallest absolute Gasteiger partial charge is 0.0700 e. The lowest BCUT2D eigenvalue weighted by Crippen LogP contribution is -2.50. The molecule has 0 fully saturated rings. The third kappa shape index (κ3) is 4.45. The van der Waals surface area contributed by atoms with E-state index in [1.807, 2.05) is 12.3 Å². The lowest BCUT2D eigenvalue weighted by atomic mass is 10.3. The van der Waals surface area contributed by atoms with Gasteiger partial charge in [0.1, 0.15) is 0 Å². The van der Waals surface area contributed by atoms with Gasteiger partial charge in [0, 0.05) is 6.20 Å². The molecule has 0 unspecified atom stereocenters. The molecular weight excluding hydrogens is 269 g/mol. The van der Waals surface area contributed by atoms with Crippen LogP contribution in [0, 0.1) is 0 Å². The van der Waals surface area contributed by atoms with Gasteiger partial charge < -0.3 is 0 Å². The first-order valence-electron chi connectivity index (χ1n) is 6.58. The van der Waals surface area contributed by atoms with E-state index < -0.39 is 16.1 Å². The summed E-state index contributed by atoms with van der Waals surface area (Å²) >= 11 is 0. The normalized spacial score (nSPS) is 14.1. The summed E-state index contributed by atoms with van der Waals surface area (Å²) in [6.45, 7) is 17.3. The Morgan fingerprint density at radius 1 is 1.06 bits per heavy atom. The first-order chi connectivity index (χ1) is 8.12. The number of aromatic nitrogens is 1. The van der Waals surface area contributed by atoms with Gasteiger partial charge in [0.05, 0.1) is 21.8 Å². The molecule has 0 aromatic carbocycles. The molecule has 18 heavy (non-hydrogen) atoms. The highest BCUT2D eigenvalue weighted by molar-refractivity contribution is 7.50. The molecule has 0 N–H and O–H groups in total. The highest BCUT2D eigenvalue weighted by atomic mass is 31.1. The standard InChI is InChI=1S/C14H26NPSi2/c1-12(13-10-8-9-11-15-13)16-14(17(2,3)4)18(5,6)7/h8-11,14H,1-7H3. The van der Waals surface area contributed by atoms with Gasteiger partial charge in [-0.05, 0) is 29.3 Å². The monoisotopic (exact) mass is 295 g/mol. The zero-order valence-electron chi connectivity index (χ0n) is 12.8. The molecule has 0 aliphatic rings. The average molecular weight is 296 g/mol. The summed E-state index contributed by atoms with van der Waals surface area (Å²) in [6.07, 6.45) is 1.90. The van der Waals surface area contributed by atoms with Crippen molar-refractivity contribution in [1.29, 1.82) is 0 Å². The number of rotatable bonds is 4. The molecule has 0 radical (unpaired) electrons. The lowest BCUT2D eigenvalue weighted by Gasteiger charge is -2.36. The van der Waals surface area contributed by atoms with Crippen LogP contribution in [0.5, 0.6) is 0 Å². The Labute approximate surface area is 116 Å². The summed E-state index contributed by atoms with van der Waals surface area (Å²) < 4.78 is 0. The summed E-state index contributed by atoms with van der Waals surface area (Å²) in [6, 6.07) is 6.20. The molecule has 1 rings (SSSR count). The van der Waals surface area contributed by atoms with Crippen molar-refractivity contribution in [2.45, 2.75) is 51.1 Å². The van der Waals surface area contributed by atoms with Crippen LogP contribution in [0.15, 0.2) is 24.4 Å². The van der Waals surface area contributed by atoms with Gasteiger partial charge in [0.15, 0.2) is 0 Å². The van der Waals surface area contributed by atoms with Crippen LogP contribution in [0.2, 0.25) is 39.3 Å². The maximum atomic E-state index is 4.48. The van der Waals surface area contributed by atoms with Crippen LogP contribution in [0.4, 0.5) is 0 Å². The van der Waals surface area contributed by atoms with Crippen molar-refractivity contribution < 1.29 is 0 Å². The van der Waals surface area contributed by atoms with E-state index in [1.54, 1.807) is 0 Å². The predicted octanol–water partition coefficient (Wildman–Crippen LogP) is 4.69. The second kappa shape index (κ2) is 5.81. The maximum absolute atomic E-state index is 4.48. The minimum Gasteiger partial charge on any atom is -0.256 e. The fourth-order valence-electron chi connectivity index (χ4n) is 2.52. The van der Waals surface area contributed by atoms with Gasteiger partial charge in [0.2, 0.25) is 0 Å². The van der Waals surface area contributed by atoms with Crippen molar-refractivity contribution in [2.75, 3.05) is 0 Å². The van der Waals surface area contributed by atoms with Crippen LogP contribution in [-0.2, 0) is 0 Å². The van der Waals surface area contributed by atoms with Gasteiger partial charge in [-0.3, -0.25) is 4.98 Å². The molecule has 100 valence electrons. The van der Waals surface area contributed by atoms with Gasteiger partial charge >= 0.3 is 0 Å². The number of nitrogens with zero attached hydrogens (tertiary/aromatic N) is 1. The van der Waals surface area contributed by atoms with E-state index in [0.717, 1.165) is 4.91 Å². The largest absolute Gasteiger partial charge is 0.256 e. The number of pyridine rings is 1. The Kier molecular flexibility index (Phi) is 5.10. The Morgan fingerprint density at radius 2 is 1.61 bits per heavy atom. The Hall–Kier alpha value is -0.246. The second-order valence-electron chi connectivity index (χ2n) is 7.06. The fraction of sp³-hybridized carbons (Fsp3) is 0.571. The van der Waals surface area contributed by atoms with Gasteiger partial charge in [-0.15, -0.1) is 8.20 Å². The molecule has 4 heteroatoms. The van der Waals surface area contributed by atoms with Gasteiger partial charge in [0.25, 0.3) is 0 Å². The molecule has 0 spiro atoms. The van der Waals surface area contributed by atoms with E-state index in [9.17, 15) is 0 Å². The Bertz CT molecular complexity index is 402. The lowest BCUT2D eigenvalue weighted by molar-refractivity contribution is 1.30. The zero-order valence-corrected chi connectivity index (χ0v) is 15.7. The van der Waals surface area contributed by atoms with E-state index in [4.69, 9.17) is 0 Å². The van der Waals surface area contributed by atoms with E-state index in [2.05, 4.69) is 63.3 Å². The van der Waals surface area contributed by atoms with Crippen molar-refractivity contribution in [2.24, 2.45) is 0 Å². The van der Waals surface area contributed by atoms with Gasteiger partial charge in [-0.25, -0.2) is 0 Å². The number of hydrogen-bond acceptors (Lipinski definition) is 1. The molecule has 1 heterocycles. The molecule has 0 amide bonds. The maximum Gasteiger partial charge on any atom is 0.0700 e. The first-order valence-corrected chi connectivity index (χ1v) is 14.7. The summed E-state index contributed by atoms with van der Waals surface area (Å²) in [5.41, 5.74) is 1.17.